The van der Waals surface area contributed by atoms with Crippen LogP contribution in [-0.4, -0.2) is 91.7 Å². The number of sulfonamides is 1. The zero-order chi connectivity index (χ0) is 34.1. The van der Waals surface area contributed by atoms with Gasteiger partial charge in [0.05, 0.1) is 35.3 Å². The van der Waals surface area contributed by atoms with E-state index < -0.39 is 28.1 Å². The minimum absolute atomic E-state index is 0.0148. The Bertz CT molecular complexity index is 1610. The maximum Gasteiger partial charge on any atom is 0.261 e. The van der Waals surface area contributed by atoms with Gasteiger partial charge in [0.15, 0.2) is 0 Å². The molecule has 0 aliphatic carbocycles. The number of hydrogen-bond acceptors (Lipinski definition) is 8. The number of fused-ring (bicyclic) bond motifs is 1. The molecule has 1 aliphatic heterocycles. The summed E-state index contributed by atoms with van der Waals surface area (Å²) in [6, 6.07) is 13.1. The maximum atomic E-state index is 14.3. The van der Waals surface area contributed by atoms with Crippen LogP contribution in [0.5, 0.6) is 5.75 Å². The molecule has 0 saturated carbocycles. The Kier molecular flexibility index (Phi) is 12.6. The predicted octanol–water partition coefficient (Wildman–Crippen LogP) is 5.10. The molecule has 0 unspecified atom stereocenters. The third kappa shape index (κ3) is 9.66. The molecule has 11 nitrogen and oxygen atoms in total. The number of likely N-dealkylation sites (N-methyl/N-ethyl adjacent to an activating group) is 1. The van der Waals surface area contributed by atoms with Gasteiger partial charge in [-0.05, 0) is 87.7 Å². The van der Waals surface area contributed by atoms with Gasteiger partial charge >= 0.3 is 0 Å². The molecule has 3 aromatic rings. The Morgan fingerprint density at radius 1 is 1.13 bits per heavy atom. The van der Waals surface area contributed by atoms with Crippen LogP contribution in [0.1, 0.15) is 60.7 Å². The fraction of sp³-hybridized carbons (Fsp3) is 0.441. The first-order valence-corrected chi connectivity index (χ1v) is 17.5. The topological polar surface area (TPSA) is 138 Å². The molecule has 4 atom stereocenters. The maximum absolute atomic E-state index is 14.3. The number of ether oxygens (including phenoxy) is 2. The van der Waals surface area contributed by atoms with E-state index in [1.165, 1.54) is 30.3 Å². The lowest BCUT2D eigenvalue weighted by molar-refractivity contribution is -0.0149. The molecule has 13 heteroatoms. The molecule has 0 fully saturated rings. The molecule has 0 bridgehead atoms. The normalized spacial score (nSPS) is 20.3. The predicted molar refractivity (Wildman–Crippen MR) is 180 cm³/mol. The summed E-state index contributed by atoms with van der Waals surface area (Å²) in [7, 11) is -2.28. The molecular weight excluding hydrogens is 644 g/mol. The number of halogens is 1. The van der Waals surface area contributed by atoms with Crippen molar-refractivity contribution in [3.63, 3.8) is 0 Å². The van der Waals surface area contributed by atoms with Gasteiger partial charge in [-0.2, -0.15) is 0 Å². The Balaban J connectivity index is 1.66. The number of anilines is 1. The Hall–Kier alpha value is -3.71. The molecule has 254 valence electrons. The van der Waals surface area contributed by atoms with Gasteiger partial charge in [0, 0.05) is 61.3 Å². The quantitative estimate of drug-likeness (QED) is 0.334. The molecule has 4 rings (SSSR count). The number of amides is 2. The number of hydrogen-bond donors (Lipinski definition) is 2. The van der Waals surface area contributed by atoms with Crippen molar-refractivity contribution >= 4 is 39.1 Å². The van der Waals surface area contributed by atoms with E-state index in [4.69, 9.17) is 21.1 Å². The average Bonchev–Trinajstić information content (AvgIpc) is 3.06. The van der Waals surface area contributed by atoms with Gasteiger partial charge in [0.2, 0.25) is 0 Å². The number of aliphatic hydroxyl groups excluding tert-OH is 1. The second-order valence-electron chi connectivity index (χ2n) is 12.0. The molecule has 47 heavy (non-hydrogen) atoms. The fourth-order valence-electron chi connectivity index (χ4n) is 5.34. The van der Waals surface area contributed by atoms with Crippen LogP contribution < -0.4 is 9.46 Å². The highest BCUT2D eigenvalue weighted by Gasteiger charge is 2.31. The number of carbonyl (C=O) groups is 2. The van der Waals surface area contributed by atoms with Crippen LogP contribution in [0.3, 0.4) is 0 Å². The Morgan fingerprint density at radius 3 is 2.51 bits per heavy atom. The summed E-state index contributed by atoms with van der Waals surface area (Å²) in [4.78, 5) is 34.6. The number of aliphatic hydroxyl groups is 1. The van der Waals surface area contributed by atoms with E-state index in [2.05, 4.69) is 9.71 Å². The van der Waals surface area contributed by atoms with Gasteiger partial charge in [-0.1, -0.05) is 18.5 Å². The minimum atomic E-state index is -3.99. The van der Waals surface area contributed by atoms with Gasteiger partial charge < -0.3 is 24.4 Å². The second-order valence-corrected chi connectivity index (χ2v) is 14.1. The lowest BCUT2D eigenvalue weighted by atomic mass is 10.0. The summed E-state index contributed by atoms with van der Waals surface area (Å²) in [6.07, 6.45) is 4.75. The standard InChI is InChI=1S/C34H43ClN4O7S/c1-23-20-39(24(2)22-40)34(42)30-19-28(37-47(43,44)29-11-8-27(35)9-12-29)10-13-31(30)46-25(3)7-5-6-18-45-32(23)21-38(4)33(41)26-14-16-36-17-15-26/h8-17,19,23-25,32,37,40H,5-7,18,20-22H2,1-4H3/t23-,24-,25-,32-/m1/s1. The van der Waals surface area contributed by atoms with Crippen LogP contribution in [0.2, 0.25) is 5.02 Å². The summed E-state index contributed by atoms with van der Waals surface area (Å²) < 4.78 is 41.5. The number of pyridine rings is 1. The Morgan fingerprint density at radius 2 is 1.83 bits per heavy atom. The molecular formula is C34H43ClN4O7S. The Labute approximate surface area is 281 Å². The molecule has 2 amide bonds. The van der Waals surface area contributed by atoms with E-state index in [9.17, 15) is 23.1 Å². The smallest absolute Gasteiger partial charge is 0.261 e. The lowest BCUT2D eigenvalue weighted by Gasteiger charge is -2.36. The van der Waals surface area contributed by atoms with Crippen LogP contribution >= 0.6 is 11.6 Å². The number of nitrogens with one attached hydrogen (secondary N) is 1. The fourth-order valence-corrected chi connectivity index (χ4v) is 6.52. The highest BCUT2D eigenvalue weighted by atomic mass is 35.5. The van der Waals surface area contributed by atoms with Gasteiger partial charge in [-0.25, -0.2) is 8.42 Å². The summed E-state index contributed by atoms with van der Waals surface area (Å²) in [5.41, 5.74) is 0.835. The zero-order valence-corrected chi connectivity index (χ0v) is 28.7. The summed E-state index contributed by atoms with van der Waals surface area (Å²) in [6.45, 7) is 6.23. The van der Waals surface area contributed by atoms with E-state index in [1.54, 1.807) is 60.4 Å². The van der Waals surface area contributed by atoms with E-state index in [-0.39, 0.29) is 53.8 Å². The van der Waals surface area contributed by atoms with Crippen LogP contribution in [0.25, 0.3) is 0 Å². The minimum Gasteiger partial charge on any atom is -0.490 e. The van der Waals surface area contributed by atoms with Crippen molar-refractivity contribution in [3.05, 3.63) is 83.1 Å². The van der Waals surface area contributed by atoms with E-state index in [0.29, 0.717) is 29.4 Å². The van der Waals surface area contributed by atoms with Gasteiger partial charge in [-0.15, -0.1) is 0 Å². The highest BCUT2D eigenvalue weighted by Crippen LogP contribution is 2.30. The van der Waals surface area contributed by atoms with Crippen molar-refractivity contribution < 1.29 is 32.6 Å². The molecule has 0 saturated heterocycles. The zero-order valence-electron chi connectivity index (χ0n) is 27.1. The van der Waals surface area contributed by atoms with E-state index >= 15 is 0 Å². The SMILES string of the molecule is C[C@@H]1CCCCO[C@H](CN(C)C(=O)c2ccncc2)[C@H](C)CN([C@H](C)CO)C(=O)c2cc(NS(=O)(=O)c3ccc(Cl)cc3)ccc2O1. The molecule has 0 radical (unpaired) electrons. The number of nitrogens with zero attached hydrogens (tertiary/aromatic N) is 3. The lowest BCUT2D eigenvalue weighted by Crippen LogP contribution is -2.48. The number of rotatable bonds is 8. The summed E-state index contributed by atoms with van der Waals surface area (Å²) >= 11 is 5.94. The first-order valence-electron chi connectivity index (χ1n) is 15.7. The molecule has 0 spiro atoms. The molecule has 2 aromatic carbocycles. The van der Waals surface area contributed by atoms with Gasteiger partial charge in [-0.3, -0.25) is 19.3 Å². The van der Waals surface area contributed by atoms with E-state index in [1.807, 2.05) is 13.8 Å². The van der Waals surface area contributed by atoms with Crippen molar-refractivity contribution in [2.75, 3.05) is 38.1 Å². The molecule has 2 N–H and O–H groups in total. The van der Waals surface area contributed by atoms with Gasteiger partial charge in [0.25, 0.3) is 21.8 Å². The third-order valence-electron chi connectivity index (χ3n) is 8.16. The van der Waals surface area contributed by atoms with Crippen molar-refractivity contribution in [2.24, 2.45) is 5.92 Å². The number of aromatic nitrogens is 1. The average molecular weight is 687 g/mol. The van der Waals surface area contributed by atoms with Crippen molar-refractivity contribution in [2.45, 2.75) is 63.2 Å². The van der Waals surface area contributed by atoms with Crippen molar-refractivity contribution in [1.29, 1.82) is 0 Å². The molecule has 1 aromatic heterocycles. The number of carbonyl (C=O) groups excluding carboxylic acids is 2. The number of benzene rings is 2. The first-order chi connectivity index (χ1) is 22.4. The van der Waals surface area contributed by atoms with Crippen LogP contribution in [-0.2, 0) is 14.8 Å². The monoisotopic (exact) mass is 686 g/mol. The van der Waals surface area contributed by atoms with Crippen LogP contribution in [0.15, 0.2) is 71.9 Å². The highest BCUT2D eigenvalue weighted by molar-refractivity contribution is 7.92. The third-order valence-corrected chi connectivity index (χ3v) is 9.80. The van der Waals surface area contributed by atoms with E-state index in [0.717, 1.165) is 12.8 Å². The largest absolute Gasteiger partial charge is 0.490 e. The van der Waals surface area contributed by atoms with Crippen LogP contribution in [0, 0.1) is 5.92 Å². The summed E-state index contributed by atoms with van der Waals surface area (Å²) in [5.74, 6) is -0.552. The first kappa shape index (κ1) is 36.1. The second kappa shape index (κ2) is 16.4. The van der Waals surface area contributed by atoms with Crippen molar-refractivity contribution in [1.82, 2.24) is 14.8 Å². The van der Waals surface area contributed by atoms with Gasteiger partial charge in [0.1, 0.15) is 5.75 Å². The molecule has 1 aliphatic rings. The van der Waals surface area contributed by atoms with Crippen molar-refractivity contribution in [3.8, 4) is 5.75 Å². The summed E-state index contributed by atoms with van der Waals surface area (Å²) in [5, 5.41) is 10.6. The molecule has 2 heterocycles. The van der Waals surface area contributed by atoms with Crippen LogP contribution in [0.4, 0.5) is 5.69 Å².